The first kappa shape index (κ1) is 18.3. The van der Waals surface area contributed by atoms with E-state index in [0.29, 0.717) is 55.6 Å². The highest BCUT2D eigenvalue weighted by atomic mass is 32.2. The molecule has 4 N–H and O–H groups in total. The summed E-state index contributed by atoms with van der Waals surface area (Å²) < 4.78 is 32.4. The summed E-state index contributed by atoms with van der Waals surface area (Å²) in [5, 5.41) is 15.1. The minimum atomic E-state index is -3.65. The molecule has 29 heavy (non-hydrogen) atoms. The van der Waals surface area contributed by atoms with Gasteiger partial charge in [0.1, 0.15) is 11.5 Å². The second-order valence-corrected chi connectivity index (χ2v) is 9.13. The Morgan fingerprint density at radius 3 is 2.66 bits per heavy atom. The molecule has 5 rings (SSSR count). The molecule has 2 aromatic rings. The smallest absolute Gasteiger partial charge is 0.349 e. The average molecular weight is 418 g/mol. The molecule has 0 radical (unpaired) electrons. The Morgan fingerprint density at radius 1 is 1.24 bits per heavy atom. The maximum atomic E-state index is 14.5. The minimum absolute atomic E-state index is 0.128. The van der Waals surface area contributed by atoms with Crippen molar-refractivity contribution < 1.29 is 18.2 Å². The van der Waals surface area contributed by atoms with Gasteiger partial charge in [-0.05, 0) is 54.4 Å². The number of carbonyl (C=O) groups is 2. The largest absolute Gasteiger partial charge is 0.354 e. The van der Waals surface area contributed by atoms with Crippen LogP contribution in [-0.4, -0.2) is 32.5 Å². The Balaban J connectivity index is 1.48. The van der Waals surface area contributed by atoms with Gasteiger partial charge in [-0.15, -0.1) is 4.36 Å². The highest BCUT2D eigenvalue weighted by Gasteiger charge is 2.31. The van der Waals surface area contributed by atoms with Crippen LogP contribution in [0.15, 0.2) is 15.5 Å². The van der Waals surface area contributed by atoms with Gasteiger partial charge in [-0.25, -0.2) is 18.5 Å². The van der Waals surface area contributed by atoms with Crippen molar-refractivity contribution in [3.8, 4) is 0 Å². The van der Waals surface area contributed by atoms with Gasteiger partial charge >= 0.3 is 6.03 Å². The number of fused-ring (bicyclic) bond motifs is 3. The number of urea groups is 1. The molecular formula is C18H19FN6O3S. The Morgan fingerprint density at radius 2 is 1.93 bits per heavy atom. The molecule has 1 aromatic carbocycles. The van der Waals surface area contributed by atoms with Gasteiger partial charge in [0.2, 0.25) is 0 Å². The molecule has 3 aliphatic rings. The summed E-state index contributed by atoms with van der Waals surface area (Å²) >= 11 is 0. The summed E-state index contributed by atoms with van der Waals surface area (Å²) in [4.78, 5) is 24.4. The molecule has 1 unspecified atom stereocenters. The van der Waals surface area contributed by atoms with Gasteiger partial charge in [0, 0.05) is 18.3 Å². The molecule has 2 aliphatic carbocycles. The van der Waals surface area contributed by atoms with E-state index in [1.54, 1.807) is 0 Å². The minimum Gasteiger partial charge on any atom is -0.349 e. The number of halogens is 1. The molecule has 152 valence electrons. The molecular weight excluding hydrogens is 399 g/mol. The summed E-state index contributed by atoms with van der Waals surface area (Å²) in [6, 6.07) is 0.415. The van der Waals surface area contributed by atoms with E-state index < -0.39 is 15.9 Å². The van der Waals surface area contributed by atoms with Crippen LogP contribution in [0.5, 0.6) is 0 Å². The molecule has 2 heterocycles. The molecule has 11 heteroatoms. The average Bonchev–Trinajstić information content (AvgIpc) is 3.27. The summed E-state index contributed by atoms with van der Waals surface area (Å²) in [6.45, 7) is 0.813. The van der Waals surface area contributed by atoms with E-state index in [-0.39, 0.29) is 22.4 Å². The Kier molecular flexibility index (Phi) is 4.00. The van der Waals surface area contributed by atoms with Crippen LogP contribution in [0.25, 0.3) is 0 Å². The second kappa shape index (κ2) is 6.36. The molecule has 0 saturated heterocycles. The van der Waals surface area contributed by atoms with Crippen LogP contribution in [0.2, 0.25) is 0 Å². The first-order valence-corrected chi connectivity index (χ1v) is 11.0. The van der Waals surface area contributed by atoms with Crippen molar-refractivity contribution in [1.82, 2.24) is 15.1 Å². The summed E-state index contributed by atoms with van der Waals surface area (Å²) in [5.41, 5.74) is 3.67. The highest BCUT2D eigenvalue weighted by Crippen LogP contribution is 2.42. The van der Waals surface area contributed by atoms with Gasteiger partial charge in [-0.2, -0.15) is 5.10 Å². The van der Waals surface area contributed by atoms with E-state index in [0.717, 1.165) is 17.5 Å². The number of hydrogen-bond acceptors (Lipinski definition) is 4. The van der Waals surface area contributed by atoms with Crippen LogP contribution >= 0.6 is 0 Å². The van der Waals surface area contributed by atoms with Crippen molar-refractivity contribution in [1.29, 1.82) is 0 Å². The van der Waals surface area contributed by atoms with E-state index in [2.05, 4.69) is 20.1 Å². The van der Waals surface area contributed by atoms with Gasteiger partial charge in [-0.1, -0.05) is 0 Å². The maximum absolute atomic E-state index is 14.5. The zero-order valence-corrected chi connectivity index (χ0v) is 16.3. The third kappa shape index (κ3) is 2.84. The standard InChI is InChI=1S/C18H19FN6O3S/c19-15-9-2-1-3-11(9)16(12-5-4-10(12)15)22-18(27)24-29(20,28)14-8-13-17(26)21-6-7-25(13)23-14/h8H,1-7H2,(H,21,26)(H3,20,22,24,27,28). The van der Waals surface area contributed by atoms with E-state index in [1.807, 2.05) is 0 Å². The molecule has 1 aromatic heterocycles. The molecule has 1 atom stereocenters. The third-order valence-electron chi connectivity index (χ3n) is 5.69. The summed E-state index contributed by atoms with van der Waals surface area (Å²) in [6.07, 6.45) is 3.46. The van der Waals surface area contributed by atoms with Crippen molar-refractivity contribution in [2.24, 2.45) is 9.50 Å². The number of anilines is 1. The highest BCUT2D eigenvalue weighted by molar-refractivity contribution is 7.91. The van der Waals surface area contributed by atoms with Crippen LogP contribution < -0.4 is 15.8 Å². The van der Waals surface area contributed by atoms with E-state index >= 15 is 0 Å². The number of benzene rings is 1. The number of nitrogens with one attached hydrogen (secondary N) is 2. The predicted octanol–water partition coefficient (Wildman–Crippen LogP) is 1.29. The fraction of sp³-hybridized carbons (Fsp3) is 0.389. The zero-order chi connectivity index (χ0) is 20.3. The first-order chi connectivity index (χ1) is 13.8. The lowest BCUT2D eigenvalue weighted by molar-refractivity contribution is 0.0924. The molecule has 9 nitrogen and oxygen atoms in total. The zero-order valence-electron chi connectivity index (χ0n) is 15.5. The predicted molar refractivity (Wildman–Crippen MR) is 102 cm³/mol. The van der Waals surface area contributed by atoms with Crippen molar-refractivity contribution in [3.05, 3.63) is 39.8 Å². The van der Waals surface area contributed by atoms with Crippen LogP contribution in [0, 0.1) is 5.82 Å². The van der Waals surface area contributed by atoms with E-state index in [1.165, 1.54) is 10.7 Å². The quantitative estimate of drug-likeness (QED) is 0.678. The van der Waals surface area contributed by atoms with Crippen molar-refractivity contribution in [2.75, 3.05) is 11.9 Å². The van der Waals surface area contributed by atoms with Crippen LogP contribution in [-0.2, 0) is 42.1 Å². The number of amides is 3. The van der Waals surface area contributed by atoms with Gasteiger partial charge in [-0.3, -0.25) is 9.48 Å². The summed E-state index contributed by atoms with van der Waals surface area (Å²) in [5.74, 6) is -0.506. The maximum Gasteiger partial charge on any atom is 0.354 e. The van der Waals surface area contributed by atoms with E-state index in [9.17, 15) is 18.2 Å². The van der Waals surface area contributed by atoms with E-state index in [4.69, 9.17) is 5.14 Å². The molecule has 3 amide bonds. The second-order valence-electron chi connectivity index (χ2n) is 7.39. The molecule has 0 bridgehead atoms. The van der Waals surface area contributed by atoms with Crippen molar-refractivity contribution in [3.63, 3.8) is 0 Å². The van der Waals surface area contributed by atoms with Crippen LogP contribution in [0.1, 0.15) is 39.2 Å². The SMILES string of the molecule is NS(=O)(=NC(=O)Nc1c2c(c(F)c3c1CC3)CCC2)c1cc2n(n1)CCNC2=O. The third-order valence-corrected chi connectivity index (χ3v) is 6.93. The fourth-order valence-electron chi connectivity index (χ4n) is 4.23. The van der Waals surface area contributed by atoms with Gasteiger partial charge < -0.3 is 10.6 Å². The summed E-state index contributed by atoms with van der Waals surface area (Å²) in [7, 11) is -3.65. The number of rotatable bonds is 2. The van der Waals surface area contributed by atoms with Gasteiger partial charge in [0.15, 0.2) is 14.9 Å². The number of aromatic nitrogens is 2. The molecule has 0 fully saturated rings. The van der Waals surface area contributed by atoms with Gasteiger partial charge in [0.25, 0.3) is 5.91 Å². The van der Waals surface area contributed by atoms with Gasteiger partial charge in [0.05, 0.1) is 6.54 Å². The lowest BCUT2D eigenvalue weighted by Gasteiger charge is -2.26. The normalized spacial score (nSPS) is 18.6. The Bertz CT molecular complexity index is 1210. The first-order valence-electron chi connectivity index (χ1n) is 9.42. The lowest BCUT2D eigenvalue weighted by atomic mass is 9.83. The van der Waals surface area contributed by atoms with Crippen LogP contribution in [0.4, 0.5) is 14.9 Å². The Hall–Kier alpha value is -2.79. The van der Waals surface area contributed by atoms with Crippen LogP contribution in [0.3, 0.4) is 0 Å². The fourth-order valence-corrected chi connectivity index (χ4v) is 5.11. The molecule has 0 spiro atoms. The number of nitrogens with two attached hydrogens (primary N) is 1. The molecule has 1 aliphatic heterocycles. The van der Waals surface area contributed by atoms with Crippen molar-refractivity contribution >= 4 is 27.5 Å². The number of carbonyl (C=O) groups excluding carboxylic acids is 2. The monoisotopic (exact) mass is 418 g/mol. The Labute approximate surface area is 166 Å². The number of nitrogens with zero attached hydrogens (tertiary/aromatic N) is 3. The topological polar surface area (TPSA) is 131 Å². The van der Waals surface area contributed by atoms with Crippen molar-refractivity contribution in [2.45, 2.75) is 43.7 Å². The molecule has 0 saturated carbocycles. The lowest BCUT2D eigenvalue weighted by Crippen LogP contribution is -2.35. The number of hydrogen-bond donors (Lipinski definition) is 3.